The van der Waals surface area contributed by atoms with E-state index in [1.165, 1.54) is 0 Å². The lowest BCUT2D eigenvalue weighted by Gasteiger charge is -2.08. The molecule has 0 atom stereocenters. The highest BCUT2D eigenvalue weighted by atomic mass is 35.5. The molecule has 1 aromatic rings. The van der Waals surface area contributed by atoms with Crippen LogP contribution >= 0.6 is 11.6 Å². The highest BCUT2D eigenvalue weighted by Crippen LogP contribution is 2.22. The molecule has 0 spiro atoms. The molecular formula is C11H11ClO4. The van der Waals surface area contributed by atoms with E-state index in [1.807, 2.05) is 0 Å². The summed E-state index contributed by atoms with van der Waals surface area (Å²) >= 11 is 5.91. The van der Waals surface area contributed by atoms with Crippen LogP contribution in [-0.4, -0.2) is 22.2 Å². The fraction of sp³-hybridized carbons (Fsp3) is 0.273. The zero-order chi connectivity index (χ0) is 12.1. The van der Waals surface area contributed by atoms with Gasteiger partial charge in [-0.1, -0.05) is 23.7 Å². The van der Waals surface area contributed by atoms with Crippen molar-refractivity contribution in [3.63, 3.8) is 0 Å². The van der Waals surface area contributed by atoms with Crippen molar-refractivity contribution in [2.24, 2.45) is 0 Å². The molecule has 0 saturated heterocycles. The summed E-state index contributed by atoms with van der Waals surface area (Å²) in [6.45, 7) is 0. The minimum Gasteiger partial charge on any atom is -0.481 e. The summed E-state index contributed by atoms with van der Waals surface area (Å²) in [5.74, 6) is -1.89. The Morgan fingerprint density at radius 3 is 2.44 bits per heavy atom. The maximum atomic E-state index is 10.6. The Bertz CT molecular complexity index is 414. The summed E-state index contributed by atoms with van der Waals surface area (Å²) in [4.78, 5) is 21.1. The predicted octanol–water partition coefficient (Wildman–Crippen LogP) is 1.98. The van der Waals surface area contributed by atoms with Gasteiger partial charge in [-0.05, 0) is 23.6 Å². The monoisotopic (exact) mass is 242 g/mol. The average molecular weight is 243 g/mol. The van der Waals surface area contributed by atoms with Gasteiger partial charge in [0, 0.05) is 11.4 Å². The van der Waals surface area contributed by atoms with Crippen LogP contribution in [-0.2, 0) is 22.4 Å². The first-order valence-corrected chi connectivity index (χ1v) is 5.08. The molecule has 0 radical (unpaired) electrons. The number of aliphatic carboxylic acids is 2. The minimum absolute atomic E-state index is 0.0592. The van der Waals surface area contributed by atoms with Crippen molar-refractivity contribution in [3.05, 3.63) is 34.3 Å². The third-order valence-electron chi connectivity index (χ3n) is 2.15. The zero-order valence-corrected chi connectivity index (χ0v) is 9.20. The second-order valence-electron chi connectivity index (χ2n) is 3.34. The number of hydrogen-bond acceptors (Lipinski definition) is 2. The molecule has 16 heavy (non-hydrogen) atoms. The number of carbonyl (C=O) groups is 2. The fourth-order valence-electron chi connectivity index (χ4n) is 1.44. The van der Waals surface area contributed by atoms with E-state index < -0.39 is 11.9 Å². The van der Waals surface area contributed by atoms with Gasteiger partial charge in [-0.15, -0.1) is 0 Å². The van der Waals surface area contributed by atoms with Gasteiger partial charge < -0.3 is 10.2 Å². The quantitative estimate of drug-likeness (QED) is 0.828. The molecule has 0 aliphatic heterocycles. The lowest BCUT2D eigenvalue weighted by molar-refractivity contribution is -0.137. The molecule has 0 amide bonds. The van der Waals surface area contributed by atoms with Crippen LogP contribution in [0.4, 0.5) is 0 Å². The van der Waals surface area contributed by atoms with E-state index in [-0.39, 0.29) is 19.3 Å². The van der Waals surface area contributed by atoms with Gasteiger partial charge in [0.25, 0.3) is 0 Å². The minimum atomic E-state index is -0.959. The summed E-state index contributed by atoms with van der Waals surface area (Å²) in [5.41, 5.74) is 1.18. The molecule has 0 aliphatic rings. The van der Waals surface area contributed by atoms with Gasteiger partial charge in [0.05, 0.1) is 6.42 Å². The van der Waals surface area contributed by atoms with Crippen LogP contribution in [0.25, 0.3) is 0 Å². The molecule has 0 heterocycles. The van der Waals surface area contributed by atoms with Gasteiger partial charge in [0.1, 0.15) is 0 Å². The molecule has 0 unspecified atom stereocenters. The first-order valence-electron chi connectivity index (χ1n) is 4.70. The smallest absolute Gasteiger partial charge is 0.307 e. The molecule has 0 saturated carbocycles. The number of halogens is 1. The maximum Gasteiger partial charge on any atom is 0.307 e. The van der Waals surface area contributed by atoms with Gasteiger partial charge in [-0.3, -0.25) is 9.59 Å². The molecule has 4 nitrogen and oxygen atoms in total. The summed E-state index contributed by atoms with van der Waals surface area (Å²) in [5, 5.41) is 17.7. The van der Waals surface area contributed by atoms with Crippen molar-refractivity contribution in [1.82, 2.24) is 0 Å². The van der Waals surface area contributed by atoms with E-state index in [2.05, 4.69) is 0 Å². The average Bonchev–Trinajstić information content (AvgIpc) is 2.15. The molecule has 0 bridgehead atoms. The molecule has 5 heteroatoms. The van der Waals surface area contributed by atoms with Crippen molar-refractivity contribution in [2.75, 3.05) is 0 Å². The lowest BCUT2D eigenvalue weighted by atomic mass is 10.0. The van der Waals surface area contributed by atoms with E-state index in [0.717, 1.165) is 0 Å². The van der Waals surface area contributed by atoms with Crippen molar-refractivity contribution in [1.29, 1.82) is 0 Å². The van der Waals surface area contributed by atoms with Crippen molar-refractivity contribution < 1.29 is 19.8 Å². The molecule has 2 N–H and O–H groups in total. The highest BCUT2D eigenvalue weighted by Gasteiger charge is 2.11. The van der Waals surface area contributed by atoms with Crippen LogP contribution in [0.1, 0.15) is 17.5 Å². The number of benzene rings is 1. The molecule has 0 fully saturated rings. The van der Waals surface area contributed by atoms with E-state index in [4.69, 9.17) is 21.8 Å². The predicted molar refractivity (Wildman–Crippen MR) is 58.7 cm³/mol. The lowest BCUT2D eigenvalue weighted by Crippen LogP contribution is -2.06. The van der Waals surface area contributed by atoms with Crippen LogP contribution in [0.3, 0.4) is 0 Å². The molecule has 1 aromatic carbocycles. The number of rotatable bonds is 5. The molecular weight excluding hydrogens is 232 g/mol. The van der Waals surface area contributed by atoms with Gasteiger partial charge in [-0.25, -0.2) is 0 Å². The first kappa shape index (κ1) is 12.5. The van der Waals surface area contributed by atoms with Gasteiger partial charge in [0.15, 0.2) is 0 Å². The number of carboxylic acid groups (broad SMARTS) is 2. The number of hydrogen-bond donors (Lipinski definition) is 2. The van der Waals surface area contributed by atoms with E-state index in [9.17, 15) is 9.59 Å². The Kier molecular flexibility index (Phi) is 4.31. The van der Waals surface area contributed by atoms with Crippen LogP contribution in [0, 0.1) is 0 Å². The van der Waals surface area contributed by atoms with E-state index in [1.54, 1.807) is 18.2 Å². The Hall–Kier alpha value is -1.55. The third kappa shape index (κ3) is 3.55. The fourth-order valence-corrected chi connectivity index (χ4v) is 1.73. The van der Waals surface area contributed by atoms with Crippen LogP contribution in [0.2, 0.25) is 5.02 Å². The van der Waals surface area contributed by atoms with Crippen molar-refractivity contribution in [2.45, 2.75) is 19.3 Å². The molecule has 0 aromatic heterocycles. The van der Waals surface area contributed by atoms with Gasteiger partial charge >= 0.3 is 11.9 Å². The topological polar surface area (TPSA) is 74.6 Å². The Morgan fingerprint density at radius 1 is 1.19 bits per heavy atom. The second-order valence-corrected chi connectivity index (χ2v) is 3.75. The molecule has 86 valence electrons. The largest absolute Gasteiger partial charge is 0.481 e. The Labute approximate surface area is 97.5 Å². The summed E-state index contributed by atoms with van der Waals surface area (Å²) < 4.78 is 0. The second kappa shape index (κ2) is 5.51. The first-order chi connectivity index (χ1) is 7.50. The third-order valence-corrected chi connectivity index (χ3v) is 2.50. The molecule has 0 aliphatic carbocycles. The maximum absolute atomic E-state index is 10.6. The zero-order valence-electron chi connectivity index (χ0n) is 8.44. The van der Waals surface area contributed by atoms with Gasteiger partial charge in [-0.2, -0.15) is 0 Å². The van der Waals surface area contributed by atoms with E-state index in [0.29, 0.717) is 16.1 Å². The van der Waals surface area contributed by atoms with Crippen LogP contribution < -0.4 is 0 Å². The summed E-state index contributed by atoms with van der Waals surface area (Å²) in [6, 6.07) is 4.94. The molecule has 1 rings (SSSR count). The van der Waals surface area contributed by atoms with Crippen LogP contribution in [0.5, 0.6) is 0 Å². The van der Waals surface area contributed by atoms with Crippen molar-refractivity contribution in [3.8, 4) is 0 Å². The summed E-state index contributed by atoms with van der Waals surface area (Å²) in [6.07, 6.45) is 0.0451. The number of carboxylic acids is 2. The van der Waals surface area contributed by atoms with Crippen LogP contribution in [0.15, 0.2) is 18.2 Å². The Morgan fingerprint density at radius 2 is 1.88 bits per heavy atom. The Balaban J connectivity index is 2.93. The highest BCUT2D eigenvalue weighted by molar-refractivity contribution is 6.31. The summed E-state index contributed by atoms with van der Waals surface area (Å²) in [7, 11) is 0. The van der Waals surface area contributed by atoms with Gasteiger partial charge in [0.2, 0.25) is 0 Å². The SMILES string of the molecule is O=C(O)CCc1c(Cl)cccc1CC(=O)O. The normalized spacial score (nSPS) is 10.1. The van der Waals surface area contributed by atoms with E-state index >= 15 is 0 Å². The standard InChI is InChI=1S/C11H11ClO4/c12-9-3-1-2-7(6-11(15)16)8(9)4-5-10(13)14/h1-3H,4-6H2,(H,13,14)(H,15,16). The van der Waals surface area contributed by atoms with Crippen molar-refractivity contribution >= 4 is 23.5 Å².